The lowest BCUT2D eigenvalue weighted by molar-refractivity contribution is -0.314. The molecule has 92 valence electrons. The molecule has 0 saturated heterocycles. The van der Waals surface area contributed by atoms with Gasteiger partial charge in [-0.2, -0.15) is 0 Å². The largest absolute Gasteiger partial charge is 0.550 e. The fourth-order valence-corrected chi connectivity index (χ4v) is 2.19. The predicted octanol–water partition coefficient (Wildman–Crippen LogP) is 0.457. The van der Waals surface area contributed by atoms with Crippen molar-refractivity contribution in [3.63, 3.8) is 0 Å². The van der Waals surface area contributed by atoms with E-state index in [4.69, 9.17) is 0 Å². The predicted molar refractivity (Wildman–Crippen MR) is 58.4 cm³/mol. The van der Waals surface area contributed by atoms with Crippen LogP contribution in [0, 0.1) is 11.8 Å². The number of carboxylic acid groups (broad SMARTS) is 1. The lowest BCUT2D eigenvalue weighted by Gasteiger charge is -2.33. The summed E-state index contributed by atoms with van der Waals surface area (Å²) in [7, 11) is 0. The Morgan fingerprint density at radius 3 is 2.06 bits per heavy atom. The van der Waals surface area contributed by atoms with Crippen molar-refractivity contribution >= 4 is 11.9 Å². The van der Waals surface area contributed by atoms with Crippen molar-refractivity contribution in [2.75, 3.05) is 0 Å². The summed E-state index contributed by atoms with van der Waals surface area (Å²) in [4.78, 5) is 22.9. The van der Waals surface area contributed by atoms with Gasteiger partial charge in [-0.25, -0.2) is 0 Å². The Kier molecular flexibility index (Phi) is 3.94. The summed E-state index contributed by atoms with van der Waals surface area (Å²) in [6.07, 6.45) is 3.01. The molecule has 1 fully saturated rings. The quantitative estimate of drug-likeness (QED) is 0.743. The van der Waals surface area contributed by atoms with Crippen LogP contribution in [0.15, 0.2) is 0 Å². The van der Waals surface area contributed by atoms with Crippen LogP contribution in [0.5, 0.6) is 0 Å². The minimum absolute atomic E-state index is 0.151. The van der Waals surface area contributed by atoms with Gasteiger partial charge in [0.05, 0.1) is 0 Å². The molecule has 0 aliphatic heterocycles. The van der Waals surface area contributed by atoms with Crippen molar-refractivity contribution in [1.82, 2.24) is 5.32 Å². The average Bonchev–Trinajstić information content (AvgIpc) is 2.15. The summed E-state index contributed by atoms with van der Waals surface area (Å²) in [5.41, 5.74) is -0.314. The molecule has 0 spiro atoms. The molecule has 1 N–H and O–H groups in total. The van der Waals surface area contributed by atoms with Gasteiger partial charge in [-0.15, -0.1) is 0 Å². The molecule has 2 atom stereocenters. The van der Waals surface area contributed by atoms with Crippen LogP contribution in [0.1, 0.15) is 46.5 Å². The Morgan fingerprint density at radius 2 is 1.62 bits per heavy atom. The van der Waals surface area contributed by atoms with Gasteiger partial charge in [0, 0.05) is 23.3 Å². The number of rotatable bonds is 2. The molecule has 0 unspecified atom stereocenters. The Morgan fingerprint density at radius 1 is 1.12 bits per heavy atom. The Bertz CT molecular complexity index is 280. The minimum Gasteiger partial charge on any atom is -0.550 e. The highest BCUT2D eigenvalue weighted by molar-refractivity contribution is 5.84. The zero-order valence-corrected chi connectivity index (χ0v) is 10.2. The molecule has 1 amide bonds. The second-order valence-corrected chi connectivity index (χ2v) is 5.56. The van der Waals surface area contributed by atoms with Crippen molar-refractivity contribution in [1.29, 1.82) is 0 Å². The standard InChI is InChI=1S/C12H21NO3/c1-12(2,3)13-10(14)8-6-4-5-7-9(8)11(15)16/h8-9H,4-7H2,1-3H3,(H,13,14)(H,15,16)/p-1/t8-,9+/m1/s1. The fraction of sp³-hybridized carbons (Fsp3) is 0.833. The van der Waals surface area contributed by atoms with E-state index in [1.807, 2.05) is 20.8 Å². The molecule has 0 aromatic heterocycles. The highest BCUT2D eigenvalue weighted by Crippen LogP contribution is 2.30. The van der Waals surface area contributed by atoms with Crippen LogP contribution in [-0.2, 0) is 9.59 Å². The lowest BCUT2D eigenvalue weighted by Crippen LogP contribution is -2.49. The van der Waals surface area contributed by atoms with Gasteiger partial charge >= 0.3 is 0 Å². The first-order valence-electron chi connectivity index (χ1n) is 5.84. The Labute approximate surface area is 96.4 Å². The van der Waals surface area contributed by atoms with E-state index in [1.165, 1.54) is 0 Å². The molecule has 0 bridgehead atoms. The smallest absolute Gasteiger partial charge is 0.224 e. The number of hydrogen-bond acceptors (Lipinski definition) is 3. The number of amides is 1. The SMILES string of the molecule is CC(C)(C)NC(=O)[C@@H]1CCCC[C@@H]1C(=O)[O-]. The summed E-state index contributed by atoms with van der Waals surface area (Å²) in [5, 5.41) is 13.8. The van der Waals surface area contributed by atoms with E-state index in [0.29, 0.717) is 12.8 Å². The fourth-order valence-electron chi connectivity index (χ4n) is 2.19. The van der Waals surface area contributed by atoms with E-state index < -0.39 is 17.8 Å². The molecule has 0 aromatic carbocycles. The molecular weight excluding hydrogens is 206 g/mol. The van der Waals surface area contributed by atoms with Crippen molar-refractivity contribution in [3.8, 4) is 0 Å². The molecule has 1 aliphatic rings. The molecular formula is C12H20NO3-. The maximum Gasteiger partial charge on any atom is 0.224 e. The van der Waals surface area contributed by atoms with Crippen molar-refractivity contribution in [2.45, 2.75) is 52.0 Å². The maximum absolute atomic E-state index is 11.9. The first-order valence-corrected chi connectivity index (χ1v) is 5.84. The van der Waals surface area contributed by atoms with Crippen LogP contribution < -0.4 is 10.4 Å². The van der Waals surface area contributed by atoms with Gasteiger partial charge < -0.3 is 15.2 Å². The van der Waals surface area contributed by atoms with Gasteiger partial charge in [0.1, 0.15) is 0 Å². The molecule has 4 nitrogen and oxygen atoms in total. The van der Waals surface area contributed by atoms with E-state index in [0.717, 1.165) is 12.8 Å². The molecule has 1 aliphatic carbocycles. The van der Waals surface area contributed by atoms with Gasteiger partial charge in [0.2, 0.25) is 5.91 Å². The topological polar surface area (TPSA) is 69.2 Å². The lowest BCUT2D eigenvalue weighted by atomic mass is 9.78. The molecule has 16 heavy (non-hydrogen) atoms. The second-order valence-electron chi connectivity index (χ2n) is 5.56. The maximum atomic E-state index is 11.9. The summed E-state index contributed by atoms with van der Waals surface area (Å²) < 4.78 is 0. The van der Waals surface area contributed by atoms with Gasteiger partial charge in [-0.1, -0.05) is 12.8 Å². The summed E-state index contributed by atoms with van der Waals surface area (Å²) >= 11 is 0. The van der Waals surface area contributed by atoms with Crippen molar-refractivity contribution in [2.24, 2.45) is 11.8 Å². The van der Waals surface area contributed by atoms with E-state index in [9.17, 15) is 14.7 Å². The molecule has 1 saturated carbocycles. The average molecular weight is 226 g/mol. The monoisotopic (exact) mass is 226 g/mol. The normalized spacial score (nSPS) is 26.2. The number of nitrogens with one attached hydrogen (secondary N) is 1. The zero-order chi connectivity index (χ0) is 12.3. The molecule has 4 heteroatoms. The second kappa shape index (κ2) is 4.85. The highest BCUT2D eigenvalue weighted by Gasteiger charge is 2.33. The third kappa shape index (κ3) is 3.51. The first kappa shape index (κ1) is 13.0. The number of aliphatic carboxylic acids is 1. The first-order chi connectivity index (χ1) is 7.31. The minimum atomic E-state index is -1.09. The number of hydrogen-bond donors (Lipinski definition) is 1. The Hall–Kier alpha value is -1.06. The highest BCUT2D eigenvalue weighted by atomic mass is 16.4. The molecule has 0 aromatic rings. The zero-order valence-electron chi connectivity index (χ0n) is 10.2. The number of carbonyl (C=O) groups excluding carboxylic acids is 2. The van der Waals surface area contributed by atoms with Gasteiger partial charge in [-0.3, -0.25) is 4.79 Å². The van der Waals surface area contributed by atoms with Crippen LogP contribution in [0.2, 0.25) is 0 Å². The van der Waals surface area contributed by atoms with Crippen LogP contribution in [0.3, 0.4) is 0 Å². The molecule has 0 heterocycles. The third-order valence-corrected chi connectivity index (χ3v) is 2.90. The van der Waals surface area contributed by atoms with Crippen LogP contribution in [-0.4, -0.2) is 17.4 Å². The van der Waals surface area contributed by atoms with Crippen LogP contribution >= 0.6 is 0 Å². The molecule has 0 radical (unpaired) electrons. The van der Waals surface area contributed by atoms with E-state index in [1.54, 1.807) is 0 Å². The van der Waals surface area contributed by atoms with Crippen molar-refractivity contribution < 1.29 is 14.7 Å². The van der Waals surface area contributed by atoms with E-state index in [2.05, 4.69) is 5.32 Å². The summed E-state index contributed by atoms with van der Waals surface area (Å²) in [6.45, 7) is 5.67. The number of carboxylic acids is 1. The van der Waals surface area contributed by atoms with Crippen molar-refractivity contribution in [3.05, 3.63) is 0 Å². The third-order valence-electron chi connectivity index (χ3n) is 2.90. The van der Waals surface area contributed by atoms with Crippen LogP contribution in [0.4, 0.5) is 0 Å². The van der Waals surface area contributed by atoms with Gasteiger partial charge in [0.15, 0.2) is 0 Å². The molecule has 1 rings (SSSR count). The van der Waals surface area contributed by atoms with E-state index >= 15 is 0 Å². The number of carbonyl (C=O) groups is 2. The van der Waals surface area contributed by atoms with Crippen LogP contribution in [0.25, 0.3) is 0 Å². The summed E-state index contributed by atoms with van der Waals surface area (Å²) in [6, 6.07) is 0. The van der Waals surface area contributed by atoms with E-state index in [-0.39, 0.29) is 11.4 Å². The summed E-state index contributed by atoms with van der Waals surface area (Å²) in [5.74, 6) is -2.27. The van der Waals surface area contributed by atoms with Gasteiger partial charge in [-0.05, 0) is 33.6 Å². The van der Waals surface area contributed by atoms with Gasteiger partial charge in [0.25, 0.3) is 0 Å². The Balaban J connectivity index is 2.68.